The minimum absolute atomic E-state index is 0.0958. The van der Waals surface area contributed by atoms with Crippen molar-refractivity contribution in [1.82, 2.24) is 5.32 Å². The van der Waals surface area contributed by atoms with Gasteiger partial charge in [-0.25, -0.2) is 0 Å². The molecule has 0 aliphatic heterocycles. The first-order valence-corrected chi connectivity index (χ1v) is 13.1. The topological polar surface area (TPSA) is 49.3 Å². The Balaban J connectivity index is 3.43. The van der Waals surface area contributed by atoms with E-state index < -0.39 is 6.10 Å². The Labute approximate surface area is 182 Å². The third-order valence-electron chi connectivity index (χ3n) is 6.08. The summed E-state index contributed by atoms with van der Waals surface area (Å²) in [5, 5.41) is 13.2. The van der Waals surface area contributed by atoms with Gasteiger partial charge in [0.05, 0.1) is 12.1 Å². The zero-order chi connectivity index (χ0) is 21.6. The molecule has 0 heterocycles. The van der Waals surface area contributed by atoms with E-state index >= 15 is 0 Å². The van der Waals surface area contributed by atoms with Gasteiger partial charge in [0.1, 0.15) is 0 Å². The summed E-state index contributed by atoms with van der Waals surface area (Å²) in [7, 11) is 0. The average Bonchev–Trinajstić information content (AvgIpc) is 2.71. The first kappa shape index (κ1) is 28.4. The predicted molar refractivity (Wildman–Crippen MR) is 127 cm³/mol. The van der Waals surface area contributed by atoms with E-state index in [1.54, 1.807) is 0 Å². The van der Waals surface area contributed by atoms with Crippen molar-refractivity contribution >= 4 is 5.91 Å². The summed E-state index contributed by atoms with van der Waals surface area (Å²) in [4.78, 5) is 12.0. The lowest BCUT2D eigenvalue weighted by molar-refractivity contribution is -0.122. The monoisotopic (exact) mass is 411 g/mol. The summed E-state index contributed by atoms with van der Waals surface area (Å²) in [5.41, 5.74) is 0. The second kappa shape index (κ2) is 22.1. The molecule has 2 atom stereocenters. The molecular formula is C26H53NO2. The van der Waals surface area contributed by atoms with Crippen molar-refractivity contribution in [2.24, 2.45) is 0 Å². The maximum atomic E-state index is 12.0. The first-order chi connectivity index (χ1) is 14.1. The van der Waals surface area contributed by atoms with Gasteiger partial charge >= 0.3 is 0 Å². The number of nitrogens with one attached hydrogen (secondary N) is 1. The normalized spacial score (nSPS) is 13.4. The van der Waals surface area contributed by atoms with Gasteiger partial charge in [0.15, 0.2) is 0 Å². The molecule has 0 radical (unpaired) electrons. The minimum Gasteiger partial charge on any atom is -0.391 e. The number of aliphatic hydroxyl groups excluding tert-OH is 1. The second-order valence-electron chi connectivity index (χ2n) is 9.12. The molecule has 0 aliphatic carbocycles. The van der Waals surface area contributed by atoms with Crippen molar-refractivity contribution in [2.45, 2.75) is 161 Å². The SMILES string of the molecule is CCCCCCCCCCCCCCC[C@H](O)[C@H](C)NC(=O)CCCCCCC. The number of rotatable bonds is 22. The van der Waals surface area contributed by atoms with E-state index in [1.807, 2.05) is 6.92 Å². The Bertz CT molecular complexity index is 346. The molecule has 0 aromatic heterocycles. The highest BCUT2D eigenvalue weighted by Gasteiger charge is 2.15. The Kier molecular flexibility index (Phi) is 21.7. The molecule has 0 aliphatic rings. The molecule has 0 unspecified atom stereocenters. The molecule has 3 nitrogen and oxygen atoms in total. The Hall–Kier alpha value is -0.570. The van der Waals surface area contributed by atoms with Gasteiger partial charge in [0, 0.05) is 6.42 Å². The first-order valence-electron chi connectivity index (χ1n) is 13.1. The molecule has 0 fully saturated rings. The van der Waals surface area contributed by atoms with E-state index in [9.17, 15) is 9.90 Å². The fraction of sp³-hybridized carbons (Fsp3) is 0.962. The Morgan fingerprint density at radius 2 is 1.03 bits per heavy atom. The zero-order valence-electron chi connectivity index (χ0n) is 20.2. The molecular weight excluding hydrogens is 358 g/mol. The number of aliphatic hydroxyl groups is 1. The molecule has 174 valence electrons. The summed E-state index contributed by atoms with van der Waals surface area (Å²) in [6, 6.07) is -0.129. The highest BCUT2D eigenvalue weighted by molar-refractivity contribution is 5.76. The van der Waals surface area contributed by atoms with E-state index in [4.69, 9.17) is 0 Å². The van der Waals surface area contributed by atoms with Crippen LogP contribution in [0.2, 0.25) is 0 Å². The number of hydrogen-bond donors (Lipinski definition) is 2. The molecule has 0 bridgehead atoms. The van der Waals surface area contributed by atoms with Crippen LogP contribution >= 0.6 is 0 Å². The van der Waals surface area contributed by atoms with Crippen LogP contribution in [-0.4, -0.2) is 23.2 Å². The third kappa shape index (κ3) is 20.5. The van der Waals surface area contributed by atoms with Crippen LogP contribution in [0, 0.1) is 0 Å². The largest absolute Gasteiger partial charge is 0.391 e. The van der Waals surface area contributed by atoms with Gasteiger partial charge in [-0.3, -0.25) is 4.79 Å². The summed E-state index contributed by atoms with van der Waals surface area (Å²) in [5.74, 6) is 0.0958. The molecule has 0 saturated carbocycles. The van der Waals surface area contributed by atoms with Crippen molar-refractivity contribution in [3.63, 3.8) is 0 Å². The van der Waals surface area contributed by atoms with Gasteiger partial charge < -0.3 is 10.4 Å². The quantitative estimate of drug-likeness (QED) is 0.179. The van der Waals surface area contributed by atoms with Crippen LogP contribution in [0.5, 0.6) is 0 Å². The number of carbonyl (C=O) groups excluding carboxylic acids is 1. The van der Waals surface area contributed by atoms with Gasteiger partial charge in [-0.1, -0.05) is 123 Å². The number of unbranched alkanes of at least 4 members (excludes halogenated alkanes) is 16. The fourth-order valence-electron chi connectivity index (χ4n) is 3.93. The van der Waals surface area contributed by atoms with Crippen molar-refractivity contribution in [2.75, 3.05) is 0 Å². The molecule has 3 heteroatoms. The van der Waals surface area contributed by atoms with Crippen molar-refractivity contribution in [3.05, 3.63) is 0 Å². The van der Waals surface area contributed by atoms with Gasteiger partial charge in [-0.15, -0.1) is 0 Å². The highest BCUT2D eigenvalue weighted by atomic mass is 16.3. The smallest absolute Gasteiger partial charge is 0.220 e. The molecule has 2 N–H and O–H groups in total. The van der Waals surface area contributed by atoms with Crippen LogP contribution in [0.1, 0.15) is 149 Å². The third-order valence-corrected chi connectivity index (χ3v) is 6.08. The maximum absolute atomic E-state index is 12.0. The highest BCUT2D eigenvalue weighted by Crippen LogP contribution is 2.14. The van der Waals surface area contributed by atoms with Crippen LogP contribution in [0.4, 0.5) is 0 Å². The van der Waals surface area contributed by atoms with Crippen molar-refractivity contribution < 1.29 is 9.90 Å². The van der Waals surface area contributed by atoms with Crippen LogP contribution in [0.25, 0.3) is 0 Å². The van der Waals surface area contributed by atoms with Crippen LogP contribution in [0.15, 0.2) is 0 Å². The summed E-state index contributed by atoms with van der Waals surface area (Å²) >= 11 is 0. The Morgan fingerprint density at radius 3 is 1.48 bits per heavy atom. The lowest BCUT2D eigenvalue weighted by atomic mass is 10.0. The average molecular weight is 412 g/mol. The molecule has 1 amide bonds. The number of amides is 1. The lowest BCUT2D eigenvalue weighted by Gasteiger charge is -2.20. The summed E-state index contributed by atoms with van der Waals surface area (Å²) in [6.07, 6.45) is 24.3. The summed E-state index contributed by atoms with van der Waals surface area (Å²) < 4.78 is 0. The Morgan fingerprint density at radius 1 is 0.655 bits per heavy atom. The van der Waals surface area contributed by atoms with E-state index in [0.717, 1.165) is 25.7 Å². The van der Waals surface area contributed by atoms with Crippen LogP contribution < -0.4 is 5.32 Å². The molecule has 0 spiro atoms. The molecule has 0 saturated heterocycles. The number of hydrogen-bond acceptors (Lipinski definition) is 2. The molecule has 0 aromatic rings. The number of carbonyl (C=O) groups is 1. The van der Waals surface area contributed by atoms with Crippen LogP contribution in [0.3, 0.4) is 0 Å². The second-order valence-corrected chi connectivity index (χ2v) is 9.12. The van der Waals surface area contributed by atoms with E-state index in [0.29, 0.717) is 6.42 Å². The standard InChI is InChI=1S/C26H53NO2/c1-4-6-8-10-11-12-13-14-15-16-17-19-20-22-25(28)24(3)27-26(29)23-21-18-9-7-5-2/h24-25,28H,4-23H2,1-3H3,(H,27,29)/t24-,25-/m0/s1. The lowest BCUT2D eigenvalue weighted by Crippen LogP contribution is -2.41. The molecule has 0 rings (SSSR count). The van der Waals surface area contributed by atoms with Gasteiger partial charge in [-0.05, 0) is 19.8 Å². The van der Waals surface area contributed by atoms with Gasteiger partial charge in [0.2, 0.25) is 5.91 Å². The minimum atomic E-state index is -0.410. The van der Waals surface area contributed by atoms with Crippen LogP contribution in [-0.2, 0) is 4.79 Å². The predicted octanol–water partition coefficient (Wildman–Crippen LogP) is 7.69. The summed E-state index contributed by atoms with van der Waals surface area (Å²) in [6.45, 7) is 6.41. The fourth-order valence-corrected chi connectivity index (χ4v) is 3.93. The molecule has 29 heavy (non-hydrogen) atoms. The molecule has 0 aromatic carbocycles. The van der Waals surface area contributed by atoms with Crippen molar-refractivity contribution in [3.8, 4) is 0 Å². The van der Waals surface area contributed by atoms with Gasteiger partial charge in [0.25, 0.3) is 0 Å². The van der Waals surface area contributed by atoms with Gasteiger partial charge in [-0.2, -0.15) is 0 Å². The van der Waals surface area contributed by atoms with E-state index in [1.165, 1.54) is 96.3 Å². The van der Waals surface area contributed by atoms with Crippen molar-refractivity contribution in [1.29, 1.82) is 0 Å². The van der Waals surface area contributed by atoms with E-state index in [-0.39, 0.29) is 11.9 Å². The van der Waals surface area contributed by atoms with E-state index in [2.05, 4.69) is 19.2 Å². The maximum Gasteiger partial charge on any atom is 0.220 e. The zero-order valence-corrected chi connectivity index (χ0v) is 20.2.